The Morgan fingerprint density at radius 1 is 1.14 bits per heavy atom. The first-order valence-electron chi connectivity index (χ1n) is 9.52. The van der Waals surface area contributed by atoms with Crippen LogP contribution in [-0.4, -0.2) is 34.6 Å². The average molecular weight is 383 g/mol. The van der Waals surface area contributed by atoms with Crippen LogP contribution in [-0.2, 0) is 14.4 Å². The number of imide groups is 1. The van der Waals surface area contributed by atoms with Crippen LogP contribution in [0, 0.1) is 17.8 Å². The van der Waals surface area contributed by atoms with Crippen molar-refractivity contribution in [1.29, 1.82) is 0 Å². The number of anilines is 1. The number of hydrogen-bond acceptors (Lipinski definition) is 4. The molecule has 1 saturated heterocycles. The number of benzene rings is 1. The fraction of sp³-hybridized carbons (Fsp3) is 0.429. The molecule has 0 bridgehead atoms. The van der Waals surface area contributed by atoms with Crippen molar-refractivity contribution in [3.05, 3.63) is 42.0 Å². The molecule has 1 aliphatic carbocycles. The summed E-state index contributed by atoms with van der Waals surface area (Å²) in [4.78, 5) is 51.4. The van der Waals surface area contributed by atoms with Crippen molar-refractivity contribution >= 4 is 29.3 Å². The third-order valence-corrected chi connectivity index (χ3v) is 5.27. The van der Waals surface area contributed by atoms with E-state index in [1.54, 1.807) is 18.2 Å². The van der Waals surface area contributed by atoms with Gasteiger partial charge in [0.05, 0.1) is 11.8 Å². The Morgan fingerprint density at radius 3 is 2.29 bits per heavy atom. The molecule has 0 radical (unpaired) electrons. The summed E-state index contributed by atoms with van der Waals surface area (Å²) in [5.74, 6) is -2.23. The highest BCUT2D eigenvalue weighted by Crippen LogP contribution is 2.37. The molecule has 1 fully saturated rings. The molecule has 3 unspecified atom stereocenters. The van der Waals surface area contributed by atoms with E-state index in [-0.39, 0.29) is 35.1 Å². The van der Waals surface area contributed by atoms with E-state index in [2.05, 4.69) is 5.32 Å². The van der Waals surface area contributed by atoms with Gasteiger partial charge in [0.1, 0.15) is 6.04 Å². The molecular formula is C21H25N3O4. The molecule has 2 aliphatic rings. The number of rotatable bonds is 6. The Labute approximate surface area is 163 Å². The highest BCUT2D eigenvalue weighted by molar-refractivity contribution is 6.10. The Balaban J connectivity index is 1.85. The van der Waals surface area contributed by atoms with Gasteiger partial charge in [-0.1, -0.05) is 32.1 Å². The Bertz CT molecular complexity index is 820. The van der Waals surface area contributed by atoms with Crippen LogP contribution in [0.5, 0.6) is 0 Å². The van der Waals surface area contributed by atoms with Crippen LogP contribution in [0.1, 0.15) is 43.5 Å². The van der Waals surface area contributed by atoms with E-state index >= 15 is 0 Å². The van der Waals surface area contributed by atoms with Crippen LogP contribution in [0.15, 0.2) is 36.4 Å². The predicted molar refractivity (Wildman–Crippen MR) is 104 cm³/mol. The fourth-order valence-corrected chi connectivity index (χ4v) is 3.89. The largest absolute Gasteiger partial charge is 0.366 e. The molecular weight excluding hydrogens is 358 g/mol. The van der Waals surface area contributed by atoms with E-state index in [1.165, 1.54) is 6.07 Å². The van der Waals surface area contributed by atoms with E-state index in [0.717, 1.165) is 4.90 Å². The van der Waals surface area contributed by atoms with E-state index in [1.807, 2.05) is 26.0 Å². The molecule has 3 N–H and O–H groups in total. The second-order valence-corrected chi connectivity index (χ2v) is 7.78. The summed E-state index contributed by atoms with van der Waals surface area (Å²) < 4.78 is 0. The maximum atomic E-state index is 13.0. The number of amides is 4. The Morgan fingerprint density at radius 2 is 1.75 bits per heavy atom. The molecule has 148 valence electrons. The first kappa shape index (κ1) is 19.8. The smallest absolute Gasteiger partial charge is 0.248 e. The van der Waals surface area contributed by atoms with Gasteiger partial charge in [0.2, 0.25) is 23.6 Å². The summed E-state index contributed by atoms with van der Waals surface area (Å²) >= 11 is 0. The monoisotopic (exact) mass is 383 g/mol. The van der Waals surface area contributed by atoms with Gasteiger partial charge in [0.25, 0.3) is 0 Å². The molecule has 7 nitrogen and oxygen atoms in total. The van der Waals surface area contributed by atoms with Gasteiger partial charge in [-0.25, -0.2) is 0 Å². The number of hydrogen-bond donors (Lipinski definition) is 2. The van der Waals surface area contributed by atoms with Gasteiger partial charge in [-0.05, 0) is 43.4 Å². The number of allylic oxidation sites excluding steroid dienone is 2. The van der Waals surface area contributed by atoms with Gasteiger partial charge in [0, 0.05) is 11.3 Å². The van der Waals surface area contributed by atoms with E-state index in [4.69, 9.17) is 5.73 Å². The quantitative estimate of drug-likeness (QED) is 0.579. The van der Waals surface area contributed by atoms with E-state index in [0.29, 0.717) is 24.9 Å². The molecule has 1 aromatic rings. The van der Waals surface area contributed by atoms with Crippen molar-refractivity contribution in [2.75, 3.05) is 5.32 Å². The maximum absolute atomic E-state index is 13.0. The van der Waals surface area contributed by atoms with Crippen LogP contribution in [0.25, 0.3) is 0 Å². The topological polar surface area (TPSA) is 110 Å². The number of nitrogens with zero attached hydrogens (tertiary/aromatic N) is 1. The van der Waals surface area contributed by atoms with Crippen molar-refractivity contribution in [1.82, 2.24) is 4.90 Å². The molecule has 0 saturated carbocycles. The second-order valence-electron chi connectivity index (χ2n) is 7.78. The lowest BCUT2D eigenvalue weighted by Crippen LogP contribution is -2.48. The minimum Gasteiger partial charge on any atom is -0.366 e. The molecule has 3 rings (SSSR count). The average Bonchev–Trinajstić information content (AvgIpc) is 2.91. The summed E-state index contributed by atoms with van der Waals surface area (Å²) in [6.07, 6.45) is 5.27. The van der Waals surface area contributed by atoms with Crippen molar-refractivity contribution in [2.24, 2.45) is 23.5 Å². The van der Waals surface area contributed by atoms with E-state index in [9.17, 15) is 19.2 Å². The summed E-state index contributed by atoms with van der Waals surface area (Å²) in [5.41, 5.74) is 5.95. The van der Waals surface area contributed by atoms with Crippen LogP contribution in [0.2, 0.25) is 0 Å². The molecule has 28 heavy (non-hydrogen) atoms. The molecule has 0 aromatic heterocycles. The van der Waals surface area contributed by atoms with Crippen LogP contribution in [0.3, 0.4) is 0 Å². The van der Waals surface area contributed by atoms with Crippen LogP contribution < -0.4 is 11.1 Å². The van der Waals surface area contributed by atoms with Crippen molar-refractivity contribution in [2.45, 2.75) is 39.2 Å². The van der Waals surface area contributed by atoms with E-state index < -0.39 is 17.9 Å². The normalized spacial score (nSPS) is 22.3. The van der Waals surface area contributed by atoms with Crippen molar-refractivity contribution in [3.8, 4) is 0 Å². The summed E-state index contributed by atoms with van der Waals surface area (Å²) in [6.45, 7) is 3.88. The lowest BCUT2D eigenvalue weighted by molar-refractivity contribution is -0.147. The van der Waals surface area contributed by atoms with Gasteiger partial charge in [-0.15, -0.1) is 0 Å². The van der Waals surface area contributed by atoms with Crippen LogP contribution >= 0.6 is 0 Å². The zero-order valence-corrected chi connectivity index (χ0v) is 16.1. The first-order chi connectivity index (χ1) is 13.3. The van der Waals surface area contributed by atoms with Gasteiger partial charge < -0.3 is 11.1 Å². The second kappa shape index (κ2) is 7.96. The zero-order chi connectivity index (χ0) is 20.4. The molecule has 1 aromatic carbocycles. The molecule has 4 amide bonds. The third kappa shape index (κ3) is 3.83. The maximum Gasteiger partial charge on any atom is 0.248 e. The first-order valence-corrected chi connectivity index (χ1v) is 9.52. The van der Waals surface area contributed by atoms with Crippen molar-refractivity contribution < 1.29 is 19.2 Å². The molecule has 1 aliphatic heterocycles. The molecule has 7 heteroatoms. The fourth-order valence-electron chi connectivity index (χ4n) is 3.89. The van der Waals surface area contributed by atoms with Gasteiger partial charge in [0.15, 0.2) is 0 Å². The lowest BCUT2D eigenvalue weighted by Gasteiger charge is -2.27. The molecule has 3 atom stereocenters. The van der Waals surface area contributed by atoms with Gasteiger partial charge in [-0.2, -0.15) is 0 Å². The Kier molecular flexibility index (Phi) is 5.63. The zero-order valence-electron chi connectivity index (χ0n) is 16.1. The summed E-state index contributed by atoms with van der Waals surface area (Å²) in [5, 5.41) is 2.73. The minimum atomic E-state index is -0.886. The Hall–Kier alpha value is -2.96. The minimum absolute atomic E-state index is 0.106. The number of carbonyl (C=O) groups excluding carboxylic acids is 4. The highest BCUT2D eigenvalue weighted by atomic mass is 16.2. The number of nitrogens with two attached hydrogens (primary N) is 1. The summed E-state index contributed by atoms with van der Waals surface area (Å²) in [6, 6.07) is 5.38. The molecule has 0 spiro atoms. The number of carbonyl (C=O) groups is 4. The number of likely N-dealkylation sites (tertiary alicyclic amines) is 1. The lowest BCUT2D eigenvalue weighted by atomic mass is 9.85. The number of fused-ring (bicyclic) bond motifs is 1. The van der Waals surface area contributed by atoms with Crippen LogP contribution in [0.4, 0.5) is 5.69 Å². The molecule has 1 heterocycles. The van der Waals surface area contributed by atoms with Crippen molar-refractivity contribution in [3.63, 3.8) is 0 Å². The number of primary amides is 1. The SMILES string of the molecule is CC(C)CC(C(=O)Nc1cccc(C(N)=O)c1)N1C(=O)C2CC=CCC2C1=O. The van der Waals surface area contributed by atoms with Gasteiger partial charge in [-0.3, -0.25) is 24.1 Å². The summed E-state index contributed by atoms with van der Waals surface area (Å²) in [7, 11) is 0. The predicted octanol–water partition coefficient (Wildman–Crippen LogP) is 2.09. The standard InChI is InChI=1S/C21H25N3O4/c1-12(2)10-17(19(26)23-14-7-5-6-13(11-14)18(22)25)24-20(27)15-8-3-4-9-16(15)21(24)28/h3-7,11-12,15-17H,8-10H2,1-2H3,(H2,22,25)(H,23,26). The number of nitrogens with one attached hydrogen (secondary N) is 1. The third-order valence-electron chi connectivity index (χ3n) is 5.27. The van der Waals surface area contributed by atoms with Gasteiger partial charge >= 0.3 is 0 Å². The highest BCUT2D eigenvalue weighted by Gasteiger charge is 2.51.